The van der Waals surface area contributed by atoms with Crippen LogP contribution in [0.2, 0.25) is 0 Å². The molecule has 2 amide bonds. The Bertz CT molecular complexity index is 1130. The molecular formula is C30H44N4O6. The predicted octanol–water partition coefficient (Wildman–Crippen LogP) is 4.19. The lowest BCUT2D eigenvalue weighted by atomic mass is 9.94. The third kappa shape index (κ3) is 7.97. The van der Waals surface area contributed by atoms with Crippen molar-refractivity contribution in [2.75, 3.05) is 46.5 Å². The maximum atomic E-state index is 13.7. The molecule has 10 nitrogen and oxygen atoms in total. The molecule has 1 saturated heterocycles. The molecule has 2 heterocycles. The van der Waals surface area contributed by atoms with Crippen LogP contribution in [0, 0.1) is 25.7 Å². The molecule has 10 heteroatoms. The van der Waals surface area contributed by atoms with Gasteiger partial charge >= 0.3 is 6.09 Å². The first kappa shape index (κ1) is 29.9. The number of hydrogen-bond donors (Lipinski definition) is 1. The third-order valence-corrected chi connectivity index (χ3v) is 7.65. The topological polar surface area (TPSA) is 106 Å². The fraction of sp³-hybridized carbons (Fsp3) is 0.633. The molecule has 0 bridgehead atoms. The molecule has 0 spiro atoms. The van der Waals surface area contributed by atoms with Crippen LogP contribution in [0.4, 0.5) is 4.79 Å². The van der Waals surface area contributed by atoms with Gasteiger partial charge in [-0.05, 0) is 70.1 Å². The van der Waals surface area contributed by atoms with Gasteiger partial charge in [0.2, 0.25) is 0 Å². The van der Waals surface area contributed by atoms with E-state index >= 15 is 0 Å². The summed E-state index contributed by atoms with van der Waals surface area (Å²) in [7, 11) is 1.67. The number of benzene rings is 1. The number of amides is 2. The van der Waals surface area contributed by atoms with Gasteiger partial charge in [-0.1, -0.05) is 11.2 Å². The Balaban J connectivity index is 1.39. The standard InChI is InChI=1S/C30H44N4O6/c1-20(2)33(29(35)23-8-7-21(3)28(14-23)38-12-6-11-37-5)17-24-15-31-16-25(24)18-34(27-9-10-27)30(36)39-19-26-13-22(4)40-32-26/h7-8,13-14,20,24-25,27,31H,6,9-12,15-19H2,1-5H3/t24-,25-/m0/s1. The molecule has 2 aliphatic rings. The molecule has 2 fully saturated rings. The second-order valence-electron chi connectivity index (χ2n) is 11.3. The van der Waals surface area contributed by atoms with Crippen LogP contribution < -0.4 is 10.1 Å². The molecule has 4 rings (SSSR count). The molecule has 220 valence electrons. The van der Waals surface area contributed by atoms with E-state index in [9.17, 15) is 9.59 Å². The summed E-state index contributed by atoms with van der Waals surface area (Å²) in [6, 6.07) is 7.68. The van der Waals surface area contributed by atoms with Gasteiger partial charge in [-0.3, -0.25) is 4.79 Å². The number of nitrogens with one attached hydrogen (secondary N) is 1. The number of rotatable bonds is 14. The first-order valence-corrected chi connectivity index (χ1v) is 14.4. The molecule has 1 aliphatic heterocycles. The van der Waals surface area contributed by atoms with Crippen LogP contribution in [0.3, 0.4) is 0 Å². The van der Waals surface area contributed by atoms with Gasteiger partial charge in [-0.15, -0.1) is 0 Å². The van der Waals surface area contributed by atoms with Gasteiger partial charge in [0.25, 0.3) is 5.91 Å². The minimum absolute atomic E-state index is 0.0104. The van der Waals surface area contributed by atoms with Crippen molar-refractivity contribution in [1.82, 2.24) is 20.3 Å². The molecule has 1 aromatic carbocycles. The van der Waals surface area contributed by atoms with E-state index in [1.807, 2.05) is 55.7 Å². The number of hydrogen-bond acceptors (Lipinski definition) is 8. The Kier molecular flexibility index (Phi) is 10.4. The van der Waals surface area contributed by atoms with Crippen LogP contribution in [-0.4, -0.2) is 85.5 Å². The maximum Gasteiger partial charge on any atom is 0.410 e. The Morgan fingerprint density at radius 3 is 2.50 bits per heavy atom. The van der Waals surface area contributed by atoms with E-state index in [-0.39, 0.29) is 42.5 Å². The zero-order valence-electron chi connectivity index (χ0n) is 24.5. The zero-order chi connectivity index (χ0) is 28.6. The lowest BCUT2D eigenvalue weighted by molar-refractivity contribution is 0.0625. The molecule has 2 atom stereocenters. The zero-order valence-corrected chi connectivity index (χ0v) is 24.5. The number of aromatic nitrogens is 1. The van der Waals surface area contributed by atoms with E-state index in [2.05, 4.69) is 10.5 Å². The normalized spacial score (nSPS) is 18.6. The summed E-state index contributed by atoms with van der Waals surface area (Å²) in [5, 5.41) is 7.40. The highest BCUT2D eigenvalue weighted by atomic mass is 16.6. The third-order valence-electron chi connectivity index (χ3n) is 7.65. The van der Waals surface area contributed by atoms with E-state index < -0.39 is 0 Å². The van der Waals surface area contributed by atoms with E-state index in [0.717, 1.165) is 43.7 Å². The monoisotopic (exact) mass is 556 g/mol. The highest BCUT2D eigenvalue weighted by Gasteiger charge is 2.39. The van der Waals surface area contributed by atoms with Crippen LogP contribution >= 0.6 is 0 Å². The molecule has 0 radical (unpaired) electrons. The predicted molar refractivity (Wildman–Crippen MR) is 150 cm³/mol. The molecular weight excluding hydrogens is 512 g/mol. The minimum Gasteiger partial charge on any atom is -0.493 e. The minimum atomic E-state index is -0.316. The summed E-state index contributed by atoms with van der Waals surface area (Å²) in [5.74, 6) is 1.84. The van der Waals surface area contributed by atoms with E-state index in [1.54, 1.807) is 13.2 Å². The number of methoxy groups -OCH3 is 1. The second kappa shape index (κ2) is 14.0. The Labute approximate surface area is 237 Å². The van der Waals surface area contributed by atoms with Crippen LogP contribution in [0.5, 0.6) is 5.75 Å². The average Bonchev–Trinajstić information content (AvgIpc) is 3.54. The van der Waals surface area contributed by atoms with Gasteiger partial charge in [-0.25, -0.2) is 4.79 Å². The van der Waals surface area contributed by atoms with Crippen molar-refractivity contribution >= 4 is 12.0 Å². The summed E-state index contributed by atoms with van der Waals surface area (Å²) in [4.78, 5) is 30.6. The molecule has 1 aromatic heterocycles. The van der Waals surface area contributed by atoms with Crippen molar-refractivity contribution in [3.8, 4) is 5.75 Å². The average molecular weight is 557 g/mol. The second-order valence-corrected chi connectivity index (χ2v) is 11.3. The molecule has 0 unspecified atom stereocenters. The lowest BCUT2D eigenvalue weighted by Crippen LogP contribution is -2.45. The Morgan fingerprint density at radius 2 is 1.85 bits per heavy atom. The molecule has 40 heavy (non-hydrogen) atoms. The van der Waals surface area contributed by atoms with Crippen LogP contribution in [0.25, 0.3) is 0 Å². The van der Waals surface area contributed by atoms with E-state index in [4.69, 9.17) is 18.7 Å². The summed E-state index contributed by atoms with van der Waals surface area (Å²) >= 11 is 0. The largest absolute Gasteiger partial charge is 0.493 e. The van der Waals surface area contributed by atoms with Gasteiger partial charge in [0.05, 0.1) is 6.61 Å². The van der Waals surface area contributed by atoms with Gasteiger partial charge in [0.1, 0.15) is 23.8 Å². The van der Waals surface area contributed by atoms with Crippen molar-refractivity contribution in [3.63, 3.8) is 0 Å². The maximum absolute atomic E-state index is 13.7. The number of carbonyl (C=O) groups is 2. The van der Waals surface area contributed by atoms with Crippen molar-refractivity contribution in [2.24, 2.45) is 11.8 Å². The summed E-state index contributed by atoms with van der Waals surface area (Å²) < 4.78 is 21.7. The Morgan fingerprint density at radius 1 is 1.10 bits per heavy atom. The molecule has 1 saturated carbocycles. The molecule has 1 aliphatic carbocycles. The first-order chi connectivity index (χ1) is 19.3. The van der Waals surface area contributed by atoms with Gasteiger partial charge in [-0.2, -0.15) is 0 Å². The number of carbonyl (C=O) groups excluding carboxylic acids is 2. The van der Waals surface area contributed by atoms with Crippen molar-refractivity contribution < 1.29 is 28.3 Å². The quantitative estimate of drug-likeness (QED) is 0.345. The van der Waals surface area contributed by atoms with Crippen LogP contribution in [0.15, 0.2) is 28.8 Å². The summed E-state index contributed by atoms with van der Waals surface area (Å²) in [6.07, 6.45) is 2.45. The fourth-order valence-electron chi connectivity index (χ4n) is 5.15. The van der Waals surface area contributed by atoms with Gasteiger partial charge < -0.3 is 33.9 Å². The smallest absolute Gasteiger partial charge is 0.410 e. The highest BCUT2D eigenvalue weighted by Crippen LogP contribution is 2.31. The van der Waals surface area contributed by atoms with Crippen LogP contribution in [0.1, 0.15) is 60.5 Å². The first-order valence-electron chi connectivity index (χ1n) is 14.4. The fourth-order valence-corrected chi connectivity index (χ4v) is 5.15. The lowest BCUT2D eigenvalue weighted by Gasteiger charge is -2.33. The SMILES string of the molecule is COCCCOc1cc(C(=O)N(C[C@@H]2CNC[C@H]2CN(C(=O)OCc2cc(C)on2)C2CC2)C(C)C)ccc1C. The van der Waals surface area contributed by atoms with E-state index in [0.29, 0.717) is 43.3 Å². The van der Waals surface area contributed by atoms with E-state index in [1.165, 1.54) is 0 Å². The van der Waals surface area contributed by atoms with Crippen molar-refractivity contribution in [3.05, 3.63) is 46.8 Å². The van der Waals surface area contributed by atoms with Crippen LogP contribution in [-0.2, 0) is 16.1 Å². The van der Waals surface area contributed by atoms with Gasteiger partial charge in [0, 0.05) is 70.0 Å². The Hall–Kier alpha value is -3.11. The number of aryl methyl sites for hydroxylation is 2. The summed E-state index contributed by atoms with van der Waals surface area (Å²) in [5.41, 5.74) is 2.22. The number of nitrogens with zero attached hydrogens (tertiary/aromatic N) is 3. The van der Waals surface area contributed by atoms with Gasteiger partial charge in [0.15, 0.2) is 0 Å². The molecule has 1 N–H and O–H groups in total. The number of ether oxygens (including phenoxy) is 3. The highest BCUT2D eigenvalue weighted by molar-refractivity contribution is 5.95. The van der Waals surface area contributed by atoms with Crippen molar-refractivity contribution in [1.29, 1.82) is 0 Å². The summed E-state index contributed by atoms with van der Waals surface area (Å²) in [6.45, 7) is 12.0. The molecule has 2 aromatic rings. The van der Waals surface area contributed by atoms with Crippen molar-refractivity contribution in [2.45, 2.75) is 65.6 Å².